The third-order valence-electron chi connectivity index (χ3n) is 4.83. The number of nitrogens with one attached hydrogen (secondary N) is 1. The molecule has 3 rings (SSSR count). The highest BCUT2D eigenvalue weighted by Gasteiger charge is 2.26. The van der Waals surface area contributed by atoms with E-state index in [9.17, 15) is 4.79 Å². The zero-order valence-corrected chi connectivity index (χ0v) is 15.1. The van der Waals surface area contributed by atoms with E-state index >= 15 is 0 Å². The van der Waals surface area contributed by atoms with Crippen LogP contribution < -0.4 is 5.32 Å². The van der Waals surface area contributed by atoms with E-state index < -0.39 is 0 Å². The van der Waals surface area contributed by atoms with Crippen molar-refractivity contribution in [3.05, 3.63) is 47.5 Å². The van der Waals surface area contributed by atoms with Crippen LogP contribution in [0, 0.1) is 6.92 Å². The molecule has 1 aromatic carbocycles. The van der Waals surface area contributed by atoms with Crippen molar-refractivity contribution >= 4 is 5.91 Å². The van der Waals surface area contributed by atoms with Gasteiger partial charge in [-0.2, -0.15) is 0 Å². The highest BCUT2D eigenvalue weighted by molar-refractivity contribution is 5.78. The van der Waals surface area contributed by atoms with E-state index in [4.69, 9.17) is 0 Å². The van der Waals surface area contributed by atoms with E-state index in [1.807, 2.05) is 0 Å². The maximum absolute atomic E-state index is 12.3. The first-order valence-electron chi connectivity index (χ1n) is 9.08. The lowest BCUT2D eigenvalue weighted by Gasteiger charge is -2.31. The van der Waals surface area contributed by atoms with Gasteiger partial charge in [-0.1, -0.05) is 29.8 Å². The lowest BCUT2D eigenvalue weighted by Crippen LogP contribution is -2.42. The number of hydrogen-bond acceptors (Lipinski definition) is 4. The Kier molecular flexibility index (Phi) is 5.81. The Hall–Kier alpha value is -2.21. The van der Waals surface area contributed by atoms with Crippen molar-refractivity contribution in [2.24, 2.45) is 0 Å². The summed E-state index contributed by atoms with van der Waals surface area (Å²) in [6.45, 7) is 7.92. The lowest BCUT2D eigenvalue weighted by atomic mass is 9.97. The second-order valence-corrected chi connectivity index (χ2v) is 6.81. The summed E-state index contributed by atoms with van der Waals surface area (Å²) in [5, 5.41) is 11.4. The SMILES string of the molecule is CCn1cnnc1C1CCCN(CC(=O)NCc2ccc(C)cc2)C1. The molecule has 1 aromatic heterocycles. The van der Waals surface area contributed by atoms with Crippen molar-refractivity contribution < 1.29 is 4.79 Å². The Morgan fingerprint density at radius 1 is 1.32 bits per heavy atom. The van der Waals surface area contributed by atoms with Crippen LogP contribution in [0.2, 0.25) is 0 Å². The molecule has 0 aliphatic carbocycles. The molecule has 0 bridgehead atoms. The van der Waals surface area contributed by atoms with Crippen molar-refractivity contribution in [2.75, 3.05) is 19.6 Å². The molecular formula is C19H27N5O. The van der Waals surface area contributed by atoms with Gasteiger partial charge in [0.05, 0.1) is 6.54 Å². The third-order valence-corrected chi connectivity index (χ3v) is 4.83. The average Bonchev–Trinajstić information content (AvgIpc) is 3.10. The van der Waals surface area contributed by atoms with E-state index in [0.29, 0.717) is 19.0 Å². The highest BCUT2D eigenvalue weighted by Crippen LogP contribution is 2.25. The quantitative estimate of drug-likeness (QED) is 0.874. The number of carbonyl (C=O) groups excluding carboxylic acids is 1. The Morgan fingerprint density at radius 2 is 2.12 bits per heavy atom. The first-order chi connectivity index (χ1) is 12.2. The van der Waals surface area contributed by atoms with E-state index in [1.165, 1.54) is 5.56 Å². The minimum atomic E-state index is 0.0817. The minimum absolute atomic E-state index is 0.0817. The average molecular weight is 341 g/mol. The molecule has 0 spiro atoms. The molecule has 6 heteroatoms. The summed E-state index contributed by atoms with van der Waals surface area (Å²) in [7, 11) is 0. The van der Waals surface area contributed by atoms with Crippen LogP contribution in [0.3, 0.4) is 0 Å². The first-order valence-corrected chi connectivity index (χ1v) is 9.08. The van der Waals surface area contributed by atoms with Crippen molar-refractivity contribution in [1.82, 2.24) is 25.0 Å². The zero-order valence-electron chi connectivity index (χ0n) is 15.1. The second-order valence-electron chi connectivity index (χ2n) is 6.81. The molecule has 1 aliphatic heterocycles. The molecule has 134 valence electrons. The molecule has 1 saturated heterocycles. The summed E-state index contributed by atoms with van der Waals surface area (Å²) < 4.78 is 2.10. The minimum Gasteiger partial charge on any atom is -0.351 e. The number of aromatic nitrogens is 3. The fourth-order valence-corrected chi connectivity index (χ4v) is 3.40. The van der Waals surface area contributed by atoms with Crippen LogP contribution >= 0.6 is 0 Å². The topological polar surface area (TPSA) is 63.1 Å². The summed E-state index contributed by atoms with van der Waals surface area (Å²) >= 11 is 0. The number of likely N-dealkylation sites (tertiary alicyclic amines) is 1. The number of piperidine rings is 1. The predicted octanol–water partition coefficient (Wildman–Crippen LogP) is 2.10. The molecule has 1 atom stereocenters. The van der Waals surface area contributed by atoms with Gasteiger partial charge in [-0.3, -0.25) is 9.69 Å². The van der Waals surface area contributed by atoms with Gasteiger partial charge in [0.15, 0.2) is 0 Å². The molecule has 1 aliphatic rings. The zero-order chi connectivity index (χ0) is 17.6. The standard InChI is InChI=1S/C19H27N5O/c1-3-24-14-21-22-19(24)17-5-4-10-23(12-17)13-18(25)20-11-16-8-6-15(2)7-9-16/h6-9,14,17H,3-5,10-13H2,1-2H3,(H,20,25). The molecule has 1 unspecified atom stereocenters. The van der Waals surface area contributed by atoms with Gasteiger partial charge >= 0.3 is 0 Å². The van der Waals surface area contributed by atoms with Gasteiger partial charge in [0, 0.05) is 25.6 Å². The van der Waals surface area contributed by atoms with Crippen molar-refractivity contribution in [2.45, 2.75) is 45.7 Å². The van der Waals surface area contributed by atoms with Gasteiger partial charge in [0.25, 0.3) is 0 Å². The maximum atomic E-state index is 12.3. The van der Waals surface area contributed by atoms with Crippen LogP contribution in [-0.4, -0.2) is 45.2 Å². The molecule has 25 heavy (non-hydrogen) atoms. The Bertz CT molecular complexity index is 694. The third kappa shape index (κ3) is 4.66. The van der Waals surface area contributed by atoms with Gasteiger partial charge < -0.3 is 9.88 Å². The Morgan fingerprint density at radius 3 is 2.88 bits per heavy atom. The largest absolute Gasteiger partial charge is 0.351 e. The normalized spacial score (nSPS) is 18.2. The van der Waals surface area contributed by atoms with Crippen molar-refractivity contribution in [3.63, 3.8) is 0 Å². The Labute approximate surface area is 149 Å². The van der Waals surface area contributed by atoms with Crippen LogP contribution in [0.25, 0.3) is 0 Å². The van der Waals surface area contributed by atoms with Crippen LogP contribution in [0.5, 0.6) is 0 Å². The van der Waals surface area contributed by atoms with Gasteiger partial charge in [-0.15, -0.1) is 10.2 Å². The summed E-state index contributed by atoms with van der Waals surface area (Å²) in [6, 6.07) is 8.26. The molecule has 1 amide bonds. The number of nitrogens with zero attached hydrogens (tertiary/aromatic N) is 4. The summed E-state index contributed by atoms with van der Waals surface area (Å²) in [5.74, 6) is 1.49. The monoisotopic (exact) mass is 341 g/mol. The van der Waals surface area contributed by atoms with E-state index in [1.54, 1.807) is 6.33 Å². The van der Waals surface area contributed by atoms with Gasteiger partial charge in [-0.25, -0.2) is 0 Å². The number of rotatable bonds is 6. The molecule has 2 aromatic rings. The summed E-state index contributed by atoms with van der Waals surface area (Å²) in [5.41, 5.74) is 2.36. The first kappa shape index (κ1) is 17.6. The smallest absolute Gasteiger partial charge is 0.234 e. The van der Waals surface area contributed by atoms with E-state index in [0.717, 1.165) is 43.9 Å². The number of benzene rings is 1. The van der Waals surface area contributed by atoms with Crippen LogP contribution in [0.4, 0.5) is 0 Å². The van der Waals surface area contributed by atoms with Crippen LogP contribution in [0.15, 0.2) is 30.6 Å². The van der Waals surface area contributed by atoms with E-state index in [2.05, 4.69) is 63.1 Å². The number of aryl methyl sites for hydroxylation is 2. The van der Waals surface area contributed by atoms with E-state index in [-0.39, 0.29) is 5.91 Å². The van der Waals surface area contributed by atoms with Gasteiger partial charge in [0.2, 0.25) is 5.91 Å². The maximum Gasteiger partial charge on any atom is 0.234 e. The van der Waals surface area contributed by atoms with Crippen LogP contribution in [-0.2, 0) is 17.9 Å². The Balaban J connectivity index is 1.50. The van der Waals surface area contributed by atoms with Crippen LogP contribution in [0.1, 0.15) is 42.6 Å². The molecule has 0 radical (unpaired) electrons. The summed E-state index contributed by atoms with van der Waals surface area (Å²) in [6.07, 6.45) is 4.00. The molecule has 1 fully saturated rings. The molecule has 6 nitrogen and oxygen atoms in total. The van der Waals surface area contributed by atoms with Crippen molar-refractivity contribution in [3.8, 4) is 0 Å². The summed E-state index contributed by atoms with van der Waals surface area (Å²) in [4.78, 5) is 14.5. The molecule has 0 saturated carbocycles. The fourth-order valence-electron chi connectivity index (χ4n) is 3.40. The van der Waals surface area contributed by atoms with Gasteiger partial charge in [0.1, 0.15) is 12.2 Å². The molecule has 2 heterocycles. The molecular weight excluding hydrogens is 314 g/mol. The lowest BCUT2D eigenvalue weighted by molar-refractivity contribution is -0.122. The fraction of sp³-hybridized carbons (Fsp3) is 0.526. The number of hydrogen-bond donors (Lipinski definition) is 1. The van der Waals surface area contributed by atoms with Gasteiger partial charge in [-0.05, 0) is 38.8 Å². The highest BCUT2D eigenvalue weighted by atomic mass is 16.2. The number of carbonyl (C=O) groups is 1. The molecule has 1 N–H and O–H groups in total. The van der Waals surface area contributed by atoms with Crippen molar-refractivity contribution in [1.29, 1.82) is 0 Å². The second kappa shape index (κ2) is 8.25. The number of amides is 1. The predicted molar refractivity (Wildman–Crippen MR) is 97.1 cm³/mol.